The molecule has 1 aliphatic heterocycles. The van der Waals surface area contributed by atoms with Gasteiger partial charge < -0.3 is 32.5 Å². The van der Waals surface area contributed by atoms with Crippen LogP contribution in [0.3, 0.4) is 0 Å². The molecule has 1 aliphatic rings. The fourth-order valence-corrected chi connectivity index (χ4v) is 3.21. The third-order valence-electron chi connectivity index (χ3n) is 4.55. The third kappa shape index (κ3) is 4.82. The van der Waals surface area contributed by atoms with E-state index in [0.29, 0.717) is 12.6 Å². The number of anilines is 3. The summed E-state index contributed by atoms with van der Waals surface area (Å²) in [6.45, 7) is 4.23. The second-order valence-electron chi connectivity index (χ2n) is 6.51. The zero-order valence-corrected chi connectivity index (χ0v) is 16.6. The number of aromatic nitrogens is 2. The topological polar surface area (TPSA) is 68.3 Å². The number of ether oxygens (including phenoxy) is 2. The molecule has 6 nitrogen and oxygen atoms in total. The Morgan fingerprint density at radius 1 is 1.11 bits per heavy atom. The van der Waals surface area contributed by atoms with Crippen molar-refractivity contribution in [3.05, 3.63) is 48.5 Å². The number of fused-ring (bicyclic) bond motifs is 1. The van der Waals surface area contributed by atoms with Gasteiger partial charge in [-0.15, -0.1) is 0 Å². The molecule has 1 aromatic heterocycles. The van der Waals surface area contributed by atoms with E-state index in [1.165, 1.54) is 0 Å². The van der Waals surface area contributed by atoms with Crippen molar-refractivity contribution in [1.29, 1.82) is 0 Å². The molecule has 0 radical (unpaired) electrons. The standard InChI is InChI=1S/C21H24N4O2.ClH/c1-2-26-16-11-9-15(10-12-16)23-21-24-19-8-4-3-7-18(19)20(25-21)22-14-17-6-5-13-27-17;/h3-4,7-12,17H,2,5-6,13-14H2,1H3,(H2,22,23,24,25);1H/p-1. The summed E-state index contributed by atoms with van der Waals surface area (Å²) in [7, 11) is 0. The van der Waals surface area contributed by atoms with Crippen LogP contribution in [0.15, 0.2) is 48.5 Å². The van der Waals surface area contributed by atoms with Gasteiger partial charge in [-0.1, -0.05) is 12.1 Å². The van der Waals surface area contributed by atoms with Crippen LogP contribution in [0.4, 0.5) is 17.5 Å². The Hall–Kier alpha value is -2.57. The molecule has 148 valence electrons. The number of rotatable bonds is 7. The Kier molecular flexibility index (Phi) is 6.90. The van der Waals surface area contributed by atoms with Crippen LogP contribution in [-0.2, 0) is 4.74 Å². The molecule has 0 spiro atoms. The van der Waals surface area contributed by atoms with Gasteiger partial charge in [-0.3, -0.25) is 0 Å². The van der Waals surface area contributed by atoms with Crippen molar-refractivity contribution in [2.75, 3.05) is 30.4 Å². The van der Waals surface area contributed by atoms with E-state index in [2.05, 4.69) is 15.6 Å². The van der Waals surface area contributed by atoms with Crippen LogP contribution in [0, 0.1) is 0 Å². The summed E-state index contributed by atoms with van der Waals surface area (Å²) in [5, 5.41) is 7.74. The summed E-state index contributed by atoms with van der Waals surface area (Å²) in [6, 6.07) is 15.8. The minimum Gasteiger partial charge on any atom is -1.00 e. The fraction of sp³-hybridized carbons (Fsp3) is 0.333. The molecule has 2 N–H and O–H groups in total. The first-order valence-electron chi connectivity index (χ1n) is 9.44. The van der Waals surface area contributed by atoms with Crippen molar-refractivity contribution in [1.82, 2.24) is 9.97 Å². The summed E-state index contributed by atoms with van der Waals surface area (Å²) < 4.78 is 11.2. The Morgan fingerprint density at radius 2 is 1.93 bits per heavy atom. The van der Waals surface area contributed by atoms with Gasteiger partial charge in [0.2, 0.25) is 5.95 Å². The lowest BCUT2D eigenvalue weighted by Crippen LogP contribution is -3.00. The quantitative estimate of drug-likeness (QED) is 0.625. The molecule has 3 aromatic rings. The van der Waals surface area contributed by atoms with E-state index in [0.717, 1.165) is 54.2 Å². The second kappa shape index (κ2) is 9.57. The van der Waals surface area contributed by atoms with E-state index in [-0.39, 0.29) is 18.5 Å². The molecular weight excluding hydrogens is 376 g/mol. The smallest absolute Gasteiger partial charge is 0.229 e. The maximum Gasteiger partial charge on any atom is 0.229 e. The third-order valence-corrected chi connectivity index (χ3v) is 4.55. The van der Waals surface area contributed by atoms with E-state index in [1.807, 2.05) is 55.5 Å². The lowest BCUT2D eigenvalue weighted by molar-refractivity contribution is -0.00000734. The van der Waals surface area contributed by atoms with E-state index >= 15 is 0 Å². The fourth-order valence-electron chi connectivity index (χ4n) is 3.21. The maximum atomic E-state index is 5.71. The highest BCUT2D eigenvalue weighted by Crippen LogP contribution is 2.25. The summed E-state index contributed by atoms with van der Waals surface area (Å²) in [5.41, 5.74) is 1.81. The van der Waals surface area contributed by atoms with Gasteiger partial charge in [-0.05, 0) is 56.2 Å². The predicted molar refractivity (Wildman–Crippen MR) is 108 cm³/mol. The molecule has 1 unspecified atom stereocenters. The number of hydrogen-bond acceptors (Lipinski definition) is 6. The highest BCUT2D eigenvalue weighted by Gasteiger charge is 2.16. The number of nitrogens with zero attached hydrogens (tertiary/aromatic N) is 2. The van der Waals surface area contributed by atoms with Crippen LogP contribution < -0.4 is 27.8 Å². The lowest BCUT2D eigenvalue weighted by atomic mass is 10.2. The minimum absolute atomic E-state index is 0. The minimum atomic E-state index is 0. The first-order chi connectivity index (χ1) is 13.3. The van der Waals surface area contributed by atoms with Crippen molar-refractivity contribution in [3.8, 4) is 5.75 Å². The zero-order chi connectivity index (χ0) is 18.5. The van der Waals surface area contributed by atoms with Gasteiger partial charge in [0.1, 0.15) is 11.6 Å². The molecule has 2 heterocycles. The van der Waals surface area contributed by atoms with Crippen molar-refractivity contribution in [2.45, 2.75) is 25.9 Å². The summed E-state index contributed by atoms with van der Waals surface area (Å²) in [6.07, 6.45) is 2.47. The highest BCUT2D eigenvalue weighted by molar-refractivity contribution is 5.90. The Morgan fingerprint density at radius 3 is 2.68 bits per heavy atom. The zero-order valence-electron chi connectivity index (χ0n) is 15.8. The molecule has 1 saturated heterocycles. The number of halogens is 1. The predicted octanol–water partition coefficient (Wildman–Crippen LogP) is 1.37. The van der Waals surface area contributed by atoms with Crippen LogP contribution in [-0.4, -0.2) is 35.8 Å². The van der Waals surface area contributed by atoms with Gasteiger partial charge in [-0.2, -0.15) is 4.98 Å². The van der Waals surface area contributed by atoms with Crippen LogP contribution in [0.5, 0.6) is 5.75 Å². The van der Waals surface area contributed by atoms with Crippen LogP contribution in [0.2, 0.25) is 0 Å². The van der Waals surface area contributed by atoms with Gasteiger partial charge in [-0.25, -0.2) is 4.98 Å². The van der Waals surface area contributed by atoms with Gasteiger partial charge in [0.05, 0.1) is 18.2 Å². The van der Waals surface area contributed by atoms with E-state index < -0.39 is 0 Å². The molecule has 0 amide bonds. The molecule has 1 atom stereocenters. The van der Waals surface area contributed by atoms with Crippen molar-refractivity contribution in [3.63, 3.8) is 0 Å². The first kappa shape index (κ1) is 20.2. The van der Waals surface area contributed by atoms with E-state index in [1.54, 1.807) is 0 Å². The average molecular weight is 400 g/mol. The molecular formula is C21H24ClN4O2-. The van der Waals surface area contributed by atoms with Crippen LogP contribution in [0.25, 0.3) is 10.9 Å². The van der Waals surface area contributed by atoms with Gasteiger partial charge in [0, 0.05) is 24.2 Å². The largest absolute Gasteiger partial charge is 1.00 e. The summed E-state index contributed by atoms with van der Waals surface area (Å²) in [4.78, 5) is 9.34. The van der Waals surface area contributed by atoms with Crippen molar-refractivity contribution < 1.29 is 21.9 Å². The SMILES string of the molecule is CCOc1ccc(Nc2nc(NCC3CCCO3)c3ccccc3n2)cc1.[Cl-]. The number of hydrogen-bond donors (Lipinski definition) is 2. The van der Waals surface area contributed by atoms with Crippen LogP contribution in [0.1, 0.15) is 19.8 Å². The number of para-hydroxylation sites is 1. The summed E-state index contributed by atoms with van der Waals surface area (Å²) in [5.74, 6) is 2.23. The van der Waals surface area contributed by atoms with E-state index in [4.69, 9.17) is 14.5 Å². The Labute approximate surface area is 171 Å². The molecule has 2 aromatic carbocycles. The first-order valence-corrected chi connectivity index (χ1v) is 9.44. The highest BCUT2D eigenvalue weighted by atomic mass is 35.5. The molecule has 7 heteroatoms. The van der Waals surface area contributed by atoms with Gasteiger partial charge in [0.25, 0.3) is 0 Å². The van der Waals surface area contributed by atoms with Gasteiger partial charge in [0.15, 0.2) is 0 Å². The molecule has 0 aliphatic carbocycles. The maximum absolute atomic E-state index is 5.71. The molecule has 0 saturated carbocycles. The van der Waals surface area contributed by atoms with Gasteiger partial charge >= 0.3 is 0 Å². The Bertz CT molecular complexity index is 899. The normalized spacial score (nSPS) is 15.8. The molecule has 4 rings (SSSR count). The molecule has 1 fully saturated rings. The molecule has 0 bridgehead atoms. The average Bonchev–Trinajstić information content (AvgIpc) is 3.21. The van der Waals surface area contributed by atoms with Crippen molar-refractivity contribution >= 4 is 28.4 Å². The lowest BCUT2D eigenvalue weighted by Gasteiger charge is -2.14. The number of nitrogens with one attached hydrogen (secondary N) is 2. The second-order valence-corrected chi connectivity index (χ2v) is 6.51. The number of benzene rings is 2. The van der Waals surface area contributed by atoms with E-state index in [9.17, 15) is 0 Å². The monoisotopic (exact) mass is 399 g/mol. The summed E-state index contributed by atoms with van der Waals surface area (Å²) >= 11 is 0. The van der Waals surface area contributed by atoms with Crippen LogP contribution >= 0.6 is 0 Å². The molecule has 28 heavy (non-hydrogen) atoms. The Balaban J connectivity index is 0.00000225. The van der Waals surface area contributed by atoms with Crippen molar-refractivity contribution in [2.24, 2.45) is 0 Å².